The van der Waals surface area contributed by atoms with E-state index in [4.69, 9.17) is 23.2 Å². The zero-order valence-electron chi connectivity index (χ0n) is 9.95. The van der Waals surface area contributed by atoms with E-state index in [9.17, 15) is 23.3 Å². The standard InChI is InChI=1S/C11H9Cl2F3N2O2/c12-9-1-7(2-10(13)17-9)8(3-18(19)20)11(4-14,5-15)6-16/h1-3H,4-6H2. The van der Waals surface area contributed by atoms with Gasteiger partial charge in [0.05, 0.1) is 10.3 Å². The lowest BCUT2D eigenvalue weighted by atomic mass is 9.80. The van der Waals surface area contributed by atoms with Gasteiger partial charge in [-0.2, -0.15) is 0 Å². The summed E-state index contributed by atoms with van der Waals surface area (Å²) in [5.41, 5.74) is -2.79. The van der Waals surface area contributed by atoms with Crippen LogP contribution in [-0.4, -0.2) is 29.9 Å². The first-order valence-corrected chi connectivity index (χ1v) is 6.01. The SMILES string of the molecule is O=[N+]([O-])C=C(c1cc(Cl)nc(Cl)c1)C(CF)(CF)CF. The van der Waals surface area contributed by atoms with Gasteiger partial charge >= 0.3 is 0 Å². The maximum absolute atomic E-state index is 13.1. The molecule has 0 aromatic carbocycles. The predicted molar refractivity (Wildman–Crippen MR) is 69.6 cm³/mol. The van der Waals surface area contributed by atoms with Gasteiger partial charge in [0.1, 0.15) is 30.3 Å². The molecule has 4 nitrogen and oxygen atoms in total. The van der Waals surface area contributed by atoms with Crippen molar-refractivity contribution in [3.05, 3.63) is 44.3 Å². The van der Waals surface area contributed by atoms with Gasteiger partial charge in [0.15, 0.2) is 0 Å². The molecule has 0 aliphatic rings. The van der Waals surface area contributed by atoms with Crippen molar-refractivity contribution >= 4 is 28.8 Å². The van der Waals surface area contributed by atoms with Gasteiger partial charge in [-0.25, -0.2) is 18.2 Å². The number of nitrogens with zero attached hydrogens (tertiary/aromatic N) is 2. The van der Waals surface area contributed by atoms with Gasteiger partial charge in [0.2, 0.25) is 6.20 Å². The second-order valence-corrected chi connectivity index (χ2v) is 4.79. The summed E-state index contributed by atoms with van der Waals surface area (Å²) in [6, 6.07) is 2.25. The van der Waals surface area contributed by atoms with E-state index >= 15 is 0 Å². The van der Waals surface area contributed by atoms with E-state index in [1.54, 1.807) is 0 Å². The van der Waals surface area contributed by atoms with Gasteiger partial charge < -0.3 is 0 Å². The fourth-order valence-electron chi connectivity index (χ4n) is 1.57. The van der Waals surface area contributed by atoms with Crippen molar-refractivity contribution < 1.29 is 18.1 Å². The number of hydrogen-bond acceptors (Lipinski definition) is 3. The summed E-state index contributed by atoms with van der Waals surface area (Å²) in [5.74, 6) is 0. The normalized spacial score (nSPS) is 12.6. The van der Waals surface area contributed by atoms with E-state index < -0.39 is 35.9 Å². The zero-order valence-corrected chi connectivity index (χ0v) is 11.5. The summed E-state index contributed by atoms with van der Waals surface area (Å²) >= 11 is 11.3. The van der Waals surface area contributed by atoms with E-state index in [1.807, 2.05) is 0 Å². The molecule has 0 N–H and O–H groups in total. The molecule has 0 atom stereocenters. The van der Waals surface area contributed by atoms with E-state index in [-0.39, 0.29) is 15.9 Å². The molecular formula is C11H9Cl2F3N2O2. The molecule has 0 spiro atoms. The molecular weight excluding hydrogens is 320 g/mol. The highest BCUT2D eigenvalue weighted by Gasteiger charge is 2.38. The molecule has 20 heavy (non-hydrogen) atoms. The van der Waals surface area contributed by atoms with Crippen LogP contribution in [0.15, 0.2) is 18.3 Å². The highest BCUT2D eigenvalue weighted by molar-refractivity contribution is 6.32. The largest absolute Gasteiger partial charge is 0.259 e. The lowest BCUT2D eigenvalue weighted by Crippen LogP contribution is -2.31. The number of rotatable bonds is 6. The minimum Gasteiger partial charge on any atom is -0.259 e. The van der Waals surface area contributed by atoms with Crippen molar-refractivity contribution in [3.8, 4) is 0 Å². The molecule has 1 rings (SSSR count). The molecule has 0 saturated heterocycles. The van der Waals surface area contributed by atoms with E-state index in [1.165, 1.54) is 0 Å². The maximum atomic E-state index is 13.1. The van der Waals surface area contributed by atoms with Gasteiger partial charge in [-0.3, -0.25) is 10.1 Å². The van der Waals surface area contributed by atoms with Crippen LogP contribution in [0.25, 0.3) is 5.57 Å². The third-order valence-corrected chi connectivity index (χ3v) is 3.03. The average molecular weight is 329 g/mol. The van der Waals surface area contributed by atoms with Crippen LogP contribution in [0.4, 0.5) is 13.2 Å². The zero-order chi connectivity index (χ0) is 15.3. The Kier molecular flexibility index (Phi) is 5.76. The van der Waals surface area contributed by atoms with Crippen LogP contribution in [0.3, 0.4) is 0 Å². The Balaban J connectivity index is 3.51. The monoisotopic (exact) mass is 328 g/mol. The number of aromatic nitrogens is 1. The fraction of sp³-hybridized carbons (Fsp3) is 0.364. The molecule has 0 saturated carbocycles. The highest BCUT2D eigenvalue weighted by atomic mass is 35.5. The average Bonchev–Trinajstić information content (AvgIpc) is 2.38. The summed E-state index contributed by atoms with van der Waals surface area (Å²) in [4.78, 5) is 13.3. The molecule has 0 amide bonds. The Morgan fingerprint density at radius 3 is 2.05 bits per heavy atom. The van der Waals surface area contributed by atoms with Gasteiger partial charge in [-0.05, 0) is 17.7 Å². The molecule has 0 unspecified atom stereocenters. The number of hydrogen-bond donors (Lipinski definition) is 0. The molecule has 0 fully saturated rings. The van der Waals surface area contributed by atoms with Crippen molar-refractivity contribution in [2.45, 2.75) is 0 Å². The first-order valence-electron chi connectivity index (χ1n) is 5.25. The van der Waals surface area contributed by atoms with Crippen LogP contribution in [0.1, 0.15) is 5.56 Å². The molecule has 0 bridgehead atoms. The summed E-state index contributed by atoms with van der Waals surface area (Å²) in [5, 5.41) is 10.4. The summed E-state index contributed by atoms with van der Waals surface area (Å²) in [6.45, 7) is -4.34. The fourth-order valence-corrected chi connectivity index (χ4v) is 2.03. The van der Waals surface area contributed by atoms with Crippen molar-refractivity contribution in [2.24, 2.45) is 5.41 Å². The molecule has 1 aromatic heterocycles. The second kappa shape index (κ2) is 6.90. The third-order valence-electron chi connectivity index (χ3n) is 2.65. The number of allylic oxidation sites excluding steroid dienone is 1. The Hall–Kier alpha value is -1.34. The van der Waals surface area contributed by atoms with Gasteiger partial charge in [-0.1, -0.05) is 23.2 Å². The summed E-state index contributed by atoms with van der Waals surface area (Å²) < 4.78 is 39.2. The topological polar surface area (TPSA) is 56.0 Å². The molecule has 1 aromatic rings. The Bertz CT molecular complexity index is 508. The Labute approximate surface area is 122 Å². The van der Waals surface area contributed by atoms with Crippen LogP contribution < -0.4 is 0 Å². The van der Waals surface area contributed by atoms with E-state index in [0.717, 1.165) is 12.1 Å². The predicted octanol–water partition coefficient (Wildman–Crippen LogP) is 3.90. The minimum absolute atomic E-state index is 0.0559. The summed E-state index contributed by atoms with van der Waals surface area (Å²) in [7, 11) is 0. The molecule has 9 heteroatoms. The van der Waals surface area contributed by atoms with Crippen LogP contribution in [0.2, 0.25) is 10.3 Å². The Morgan fingerprint density at radius 1 is 1.25 bits per heavy atom. The van der Waals surface area contributed by atoms with Crippen LogP contribution >= 0.6 is 23.2 Å². The first kappa shape index (κ1) is 16.7. The van der Waals surface area contributed by atoms with Crippen molar-refractivity contribution in [2.75, 3.05) is 20.0 Å². The lowest BCUT2D eigenvalue weighted by Gasteiger charge is -2.26. The minimum atomic E-state index is -2.26. The van der Waals surface area contributed by atoms with Crippen molar-refractivity contribution in [1.29, 1.82) is 0 Å². The van der Waals surface area contributed by atoms with Crippen molar-refractivity contribution in [3.63, 3.8) is 0 Å². The van der Waals surface area contributed by atoms with Gasteiger partial charge in [0, 0.05) is 5.57 Å². The lowest BCUT2D eigenvalue weighted by molar-refractivity contribution is -0.402. The number of alkyl halides is 3. The number of pyridine rings is 1. The molecule has 1 heterocycles. The van der Waals surface area contributed by atoms with Crippen LogP contribution in [0.5, 0.6) is 0 Å². The first-order chi connectivity index (χ1) is 9.38. The molecule has 0 aliphatic heterocycles. The van der Waals surface area contributed by atoms with Crippen molar-refractivity contribution in [1.82, 2.24) is 4.98 Å². The van der Waals surface area contributed by atoms with Crippen LogP contribution in [-0.2, 0) is 0 Å². The Morgan fingerprint density at radius 2 is 1.70 bits per heavy atom. The summed E-state index contributed by atoms with van der Waals surface area (Å²) in [6.07, 6.45) is 0.348. The molecule has 0 aliphatic carbocycles. The smallest absolute Gasteiger partial charge is 0.239 e. The number of halogens is 5. The molecule has 0 radical (unpaired) electrons. The number of nitro groups is 1. The highest BCUT2D eigenvalue weighted by Crippen LogP contribution is 2.38. The third kappa shape index (κ3) is 3.61. The van der Waals surface area contributed by atoms with Crippen LogP contribution in [0, 0.1) is 15.5 Å². The van der Waals surface area contributed by atoms with Gasteiger partial charge in [0.25, 0.3) is 0 Å². The van der Waals surface area contributed by atoms with E-state index in [2.05, 4.69) is 4.98 Å². The van der Waals surface area contributed by atoms with E-state index in [0.29, 0.717) is 6.20 Å². The quantitative estimate of drug-likeness (QED) is 0.452. The second-order valence-electron chi connectivity index (χ2n) is 4.01. The molecule has 110 valence electrons. The maximum Gasteiger partial charge on any atom is 0.239 e. The van der Waals surface area contributed by atoms with Gasteiger partial charge in [-0.15, -0.1) is 0 Å².